The van der Waals surface area contributed by atoms with Crippen LogP contribution in [0.15, 0.2) is 23.1 Å². The Balaban J connectivity index is 3.17. The standard InChI is InChI=1S/C10H15ClN2O5S/c11-8-3-7(12)1-2-9(8)19(17,18)13-10(4-14,5-15)6-16/h1-3,13-16H,4-6,12H2. The van der Waals surface area contributed by atoms with E-state index in [1.54, 1.807) is 0 Å². The van der Waals surface area contributed by atoms with Gasteiger partial charge in [-0.3, -0.25) is 0 Å². The van der Waals surface area contributed by atoms with E-state index in [1.807, 2.05) is 4.72 Å². The van der Waals surface area contributed by atoms with E-state index in [0.717, 1.165) is 0 Å². The summed E-state index contributed by atoms with van der Waals surface area (Å²) in [5, 5.41) is 27.2. The van der Waals surface area contributed by atoms with Gasteiger partial charge in [-0.1, -0.05) is 11.6 Å². The van der Waals surface area contributed by atoms with Gasteiger partial charge in [-0.15, -0.1) is 0 Å². The predicted molar refractivity (Wildman–Crippen MR) is 70.2 cm³/mol. The lowest BCUT2D eigenvalue weighted by atomic mass is 10.1. The van der Waals surface area contributed by atoms with Crippen molar-refractivity contribution < 1.29 is 23.7 Å². The van der Waals surface area contributed by atoms with Crippen molar-refractivity contribution >= 4 is 27.3 Å². The highest BCUT2D eigenvalue weighted by molar-refractivity contribution is 7.89. The molecule has 0 aliphatic carbocycles. The highest BCUT2D eigenvalue weighted by Crippen LogP contribution is 2.24. The van der Waals surface area contributed by atoms with Crippen LogP contribution in [0.1, 0.15) is 0 Å². The van der Waals surface area contributed by atoms with Crippen molar-refractivity contribution in [1.29, 1.82) is 0 Å². The first kappa shape index (κ1) is 16.2. The van der Waals surface area contributed by atoms with Crippen molar-refractivity contribution in [3.8, 4) is 0 Å². The van der Waals surface area contributed by atoms with Crippen LogP contribution in [0.25, 0.3) is 0 Å². The van der Waals surface area contributed by atoms with Crippen LogP contribution in [-0.2, 0) is 10.0 Å². The maximum Gasteiger partial charge on any atom is 0.242 e. The van der Waals surface area contributed by atoms with E-state index in [1.165, 1.54) is 18.2 Å². The van der Waals surface area contributed by atoms with Gasteiger partial charge in [0.25, 0.3) is 0 Å². The van der Waals surface area contributed by atoms with Gasteiger partial charge in [0.15, 0.2) is 0 Å². The molecule has 0 heterocycles. The molecular formula is C10H15ClN2O5S. The highest BCUT2D eigenvalue weighted by Gasteiger charge is 2.34. The van der Waals surface area contributed by atoms with E-state index in [0.29, 0.717) is 5.69 Å². The summed E-state index contributed by atoms with van der Waals surface area (Å²) < 4.78 is 26.2. The molecule has 0 bridgehead atoms. The first-order valence-corrected chi connectivity index (χ1v) is 7.08. The van der Waals surface area contributed by atoms with Gasteiger partial charge >= 0.3 is 0 Å². The molecule has 1 aromatic rings. The fourth-order valence-corrected chi connectivity index (χ4v) is 3.25. The van der Waals surface area contributed by atoms with Crippen LogP contribution in [0.5, 0.6) is 0 Å². The Morgan fingerprint density at radius 1 is 1.21 bits per heavy atom. The summed E-state index contributed by atoms with van der Waals surface area (Å²) in [5.74, 6) is 0. The molecule has 0 unspecified atom stereocenters. The molecule has 0 fully saturated rings. The van der Waals surface area contributed by atoms with Crippen molar-refractivity contribution in [3.63, 3.8) is 0 Å². The minimum Gasteiger partial charge on any atom is -0.399 e. The van der Waals surface area contributed by atoms with E-state index in [9.17, 15) is 8.42 Å². The van der Waals surface area contributed by atoms with E-state index < -0.39 is 35.4 Å². The van der Waals surface area contributed by atoms with Gasteiger partial charge in [0.2, 0.25) is 10.0 Å². The molecule has 0 aliphatic rings. The Kier molecular flexibility index (Phi) is 5.13. The molecule has 19 heavy (non-hydrogen) atoms. The third-order valence-electron chi connectivity index (χ3n) is 2.50. The molecule has 6 N–H and O–H groups in total. The Labute approximate surface area is 115 Å². The SMILES string of the molecule is Nc1ccc(S(=O)(=O)NC(CO)(CO)CO)c(Cl)c1. The first-order valence-electron chi connectivity index (χ1n) is 5.22. The zero-order valence-electron chi connectivity index (χ0n) is 9.88. The number of aliphatic hydroxyl groups is 3. The number of hydrogen-bond acceptors (Lipinski definition) is 6. The molecule has 108 valence electrons. The lowest BCUT2D eigenvalue weighted by Crippen LogP contribution is -2.56. The van der Waals surface area contributed by atoms with Crippen LogP contribution in [0.4, 0.5) is 5.69 Å². The fourth-order valence-electron chi connectivity index (χ4n) is 1.32. The van der Waals surface area contributed by atoms with Gasteiger partial charge in [-0.05, 0) is 18.2 Å². The largest absolute Gasteiger partial charge is 0.399 e. The van der Waals surface area contributed by atoms with E-state index >= 15 is 0 Å². The molecule has 0 saturated heterocycles. The van der Waals surface area contributed by atoms with Crippen LogP contribution in [0.3, 0.4) is 0 Å². The smallest absolute Gasteiger partial charge is 0.242 e. The second-order valence-electron chi connectivity index (χ2n) is 4.05. The number of halogens is 1. The zero-order valence-corrected chi connectivity index (χ0v) is 11.4. The monoisotopic (exact) mass is 310 g/mol. The number of nitrogen functional groups attached to an aromatic ring is 1. The molecule has 0 aromatic heterocycles. The average molecular weight is 311 g/mol. The van der Waals surface area contributed by atoms with Gasteiger partial charge in [0.05, 0.1) is 24.8 Å². The molecular weight excluding hydrogens is 296 g/mol. The van der Waals surface area contributed by atoms with Crippen molar-refractivity contribution in [2.75, 3.05) is 25.6 Å². The zero-order chi connectivity index (χ0) is 14.7. The van der Waals surface area contributed by atoms with Gasteiger partial charge < -0.3 is 21.1 Å². The molecule has 0 spiro atoms. The summed E-state index contributed by atoms with van der Waals surface area (Å²) >= 11 is 5.79. The lowest BCUT2D eigenvalue weighted by molar-refractivity contribution is 0.0582. The third-order valence-corrected chi connectivity index (χ3v) is 4.57. The minimum absolute atomic E-state index is 0.102. The first-order chi connectivity index (χ1) is 8.80. The van der Waals surface area contributed by atoms with Crippen LogP contribution < -0.4 is 10.5 Å². The maximum atomic E-state index is 12.1. The molecule has 0 aliphatic heterocycles. The summed E-state index contributed by atoms with van der Waals surface area (Å²) in [6, 6.07) is 3.80. The fraction of sp³-hybridized carbons (Fsp3) is 0.400. The number of sulfonamides is 1. The number of nitrogens with one attached hydrogen (secondary N) is 1. The van der Waals surface area contributed by atoms with Gasteiger partial charge in [0, 0.05) is 5.69 Å². The second-order valence-corrected chi connectivity index (χ2v) is 6.11. The Hall–Kier alpha value is -0.900. The highest BCUT2D eigenvalue weighted by atomic mass is 35.5. The number of benzene rings is 1. The van der Waals surface area contributed by atoms with Crippen LogP contribution in [0, 0.1) is 0 Å². The summed E-state index contributed by atoms with van der Waals surface area (Å²) in [7, 11) is -4.12. The number of nitrogens with two attached hydrogens (primary N) is 1. The predicted octanol–water partition coefficient (Wildman–Crippen LogP) is -1.08. The molecule has 0 atom stereocenters. The maximum absolute atomic E-state index is 12.1. The summed E-state index contributed by atoms with van der Waals surface area (Å²) in [6.45, 7) is -2.32. The number of aliphatic hydroxyl groups excluding tert-OH is 3. The van der Waals surface area contributed by atoms with Gasteiger partial charge in [0.1, 0.15) is 10.4 Å². The lowest BCUT2D eigenvalue weighted by Gasteiger charge is -2.28. The van der Waals surface area contributed by atoms with Crippen LogP contribution in [-0.4, -0.2) is 49.1 Å². The summed E-state index contributed by atoms with van der Waals surface area (Å²) in [6.07, 6.45) is 0. The molecule has 7 nitrogen and oxygen atoms in total. The average Bonchev–Trinajstić information content (AvgIpc) is 2.35. The van der Waals surface area contributed by atoms with Crippen molar-refractivity contribution in [2.24, 2.45) is 0 Å². The van der Waals surface area contributed by atoms with E-state index in [4.69, 9.17) is 32.7 Å². The quantitative estimate of drug-likeness (QED) is 0.424. The minimum atomic E-state index is -4.12. The van der Waals surface area contributed by atoms with Gasteiger partial charge in [-0.2, -0.15) is 4.72 Å². The Morgan fingerprint density at radius 3 is 2.16 bits per heavy atom. The second kappa shape index (κ2) is 6.04. The Bertz CT molecular complexity index is 537. The van der Waals surface area contributed by atoms with Crippen LogP contribution in [0.2, 0.25) is 5.02 Å². The van der Waals surface area contributed by atoms with Crippen molar-refractivity contribution in [3.05, 3.63) is 23.2 Å². The van der Waals surface area contributed by atoms with Crippen LogP contribution >= 0.6 is 11.6 Å². The molecule has 0 radical (unpaired) electrons. The normalized spacial score (nSPS) is 12.6. The summed E-state index contributed by atoms with van der Waals surface area (Å²) in [4.78, 5) is -0.261. The molecule has 0 saturated carbocycles. The van der Waals surface area contributed by atoms with E-state index in [2.05, 4.69) is 0 Å². The van der Waals surface area contributed by atoms with Gasteiger partial charge in [-0.25, -0.2) is 8.42 Å². The third kappa shape index (κ3) is 3.56. The molecule has 9 heteroatoms. The van der Waals surface area contributed by atoms with Crippen molar-refractivity contribution in [1.82, 2.24) is 4.72 Å². The molecule has 1 rings (SSSR count). The Morgan fingerprint density at radius 2 is 1.74 bits per heavy atom. The molecule has 0 amide bonds. The molecule has 1 aromatic carbocycles. The van der Waals surface area contributed by atoms with Crippen molar-refractivity contribution in [2.45, 2.75) is 10.4 Å². The number of rotatable bonds is 6. The van der Waals surface area contributed by atoms with E-state index in [-0.39, 0.29) is 9.92 Å². The topological polar surface area (TPSA) is 133 Å². The summed E-state index contributed by atoms with van der Waals surface area (Å²) in [5.41, 5.74) is 3.99. The number of anilines is 1. The number of hydrogen-bond donors (Lipinski definition) is 5.